The summed E-state index contributed by atoms with van der Waals surface area (Å²) in [7, 11) is 0. The lowest BCUT2D eigenvalue weighted by Crippen LogP contribution is -2.46. The summed E-state index contributed by atoms with van der Waals surface area (Å²) in [6.45, 7) is 0.886. The summed E-state index contributed by atoms with van der Waals surface area (Å²) in [6, 6.07) is 8.97. The summed E-state index contributed by atoms with van der Waals surface area (Å²) in [5, 5.41) is 3.36. The second kappa shape index (κ2) is 8.67. The van der Waals surface area contributed by atoms with Gasteiger partial charge in [-0.15, -0.1) is 11.3 Å². The van der Waals surface area contributed by atoms with Crippen LogP contribution in [0.1, 0.15) is 25.0 Å². The van der Waals surface area contributed by atoms with E-state index in [9.17, 15) is 4.79 Å². The molecule has 0 bridgehead atoms. The Labute approximate surface area is 172 Å². The molecule has 0 unspecified atom stereocenters. The fourth-order valence-corrected chi connectivity index (χ4v) is 4.35. The number of benzene rings is 1. The van der Waals surface area contributed by atoms with E-state index < -0.39 is 0 Å². The van der Waals surface area contributed by atoms with Crippen molar-refractivity contribution in [2.45, 2.75) is 31.9 Å². The third kappa shape index (κ3) is 4.15. The van der Waals surface area contributed by atoms with Gasteiger partial charge in [-0.25, -0.2) is 19.7 Å². The Morgan fingerprint density at radius 3 is 2.86 bits per heavy atom. The van der Waals surface area contributed by atoms with Gasteiger partial charge in [0.2, 0.25) is 5.95 Å². The Kier molecular flexibility index (Phi) is 5.83. The molecule has 1 aliphatic rings. The number of anilines is 1. The van der Waals surface area contributed by atoms with Gasteiger partial charge in [0.25, 0.3) is 0 Å². The van der Waals surface area contributed by atoms with Crippen LogP contribution in [-0.2, 0) is 16.1 Å². The molecule has 4 rings (SSSR count). The van der Waals surface area contributed by atoms with E-state index in [0.29, 0.717) is 16.7 Å². The lowest BCUT2D eigenvalue weighted by Gasteiger charge is -2.33. The molecule has 0 radical (unpaired) electrons. The summed E-state index contributed by atoms with van der Waals surface area (Å²) in [5.74, 6) is 0.304. The van der Waals surface area contributed by atoms with Gasteiger partial charge in [0, 0.05) is 29.9 Å². The molecule has 0 N–H and O–H groups in total. The van der Waals surface area contributed by atoms with Crippen LogP contribution >= 0.6 is 22.9 Å². The van der Waals surface area contributed by atoms with Gasteiger partial charge in [-0.2, -0.15) is 0 Å². The number of carbonyl (C=O) groups is 1. The standard InChI is InChI=1S/C20H19ClN4O2S/c21-16-7-2-1-6-15(16)18-24-14(13-28-18)12-27-19(26)17-8-3-4-11-25(17)20-22-9-5-10-23-20/h1-2,5-7,9-10,13,17H,3-4,8,11-12H2/t17-/m1/s1. The highest BCUT2D eigenvalue weighted by Gasteiger charge is 2.31. The van der Waals surface area contributed by atoms with Crippen molar-refractivity contribution in [3.05, 3.63) is 58.8 Å². The molecule has 3 aromatic rings. The average molecular weight is 415 g/mol. The zero-order valence-corrected chi connectivity index (χ0v) is 16.7. The first-order chi connectivity index (χ1) is 13.7. The summed E-state index contributed by atoms with van der Waals surface area (Å²) in [6.07, 6.45) is 6.10. The van der Waals surface area contributed by atoms with E-state index in [-0.39, 0.29) is 18.6 Å². The van der Waals surface area contributed by atoms with Gasteiger partial charge in [0.1, 0.15) is 17.7 Å². The zero-order chi connectivity index (χ0) is 19.3. The van der Waals surface area contributed by atoms with Crippen molar-refractivity contribution < 1.29 is 9.53 Å². The van der Waals surface area contributed by atoms with Crippen molar-refractivity contribution in [1.82, 2.24) is 15.0 Å². The molecule has 6 nitrogen and oxygen atoms in total. The molecule has 1 aromatic carbocycles. The molecule has 1 aliphatic heterocycles. The number of hydrogen-bond donors (Lipinski definition) is 0. The van der Waals surface area contributed by atoms with Crippen LogP contribution in [0.2, 0.25) is 5.02 Å². The molecule has 1 fully saturated rings. The van der Waals surface area contributed by atoms with E-state index in [4.69, 9.17) is 16.3 Å². The van der Waals surface area contributed by atoms with Crippen molar-refractivity contribution in [2.24, 2.45) is 0 Å². The maximum absolute atomic E-state index is 12.7. The molecule has 2 aromatic heterocycles. The number of ether oxygens (including phenoxy) is 1. The maximum atomic E-state index is 12.7. The van der Waals surface area contributed by atoms with Crippen LogP contribution in [0.3, 0.4) is 0 Å². The molecule has 1 atom stereocenters. The monoisotopic (exact) mass is 414 g/mol. The molecular formula is C20H19ClN4O2S. The molecular weight excluding hydrogens is 396 g/mol. The van der Waals surface area contributed by atoms with Gasteiger partial charge in [-0.1, -0.05) is 29.8 Å². The molecule has 0 aliphatic carbocycles. The number of esters is 1. The van der Waals surface area contributed by atoms with E-state index in [2.05, 4.69) is 15.0 Å². The Balaban J connectivity index is 1.42. The van der Waals surface area contributed by atoms with Crippen molar-refractivity contribution >= 4 is 34.9 Å². The SMILES string of the molecule is O=C(OCc1csc(-c2ccccc2Cl)n1)[C@H]1CCCCN1c1ncccn1. The average Bonchev–Trinajstić information content (AvgIpc) is 3.22. The molecule has 0 saturated carbocycles. The highest BCUT2D eigenvalue weighted by atomic mass is 35.5. The number of thiazole rings is 1. The predicted molar refractivity (Wildman–Crippen MR) is 109 cm³/mol. The number of carbonyl (C=O) groups excluding carboxylic acids is 1. The summed E-state index contributed by atoms with van der Waals surface area (Å²) in [4.78, 5) is 27.8. The predicted octanol–water partition coefficient (Wildman–Crippen LogP) is 4.36. The van der Waals surface area contributed by atoms with Crippen LogP contribution < -0.4 is 4.90 Å². The highest BCUT2D eigenvalue weighted by molar-refractivity contribution is 7.13. The smallest absolute Gasteiger partial charge is 0.329 e. The van der Waals surface area contributed by atoms with E-state index in [1.54, 1.807) is 18.5 Å². The second-order valence-corrected chi connectivity index (χ2v) is 7.75. The van der Waals surface area contributed by atoms with Crippen LogP contribution in [0.25, 0.3) is 10.6 Å². The minimum Gasteiger partial charge on any atom is -0.458 e. The largest absolute Gasteiger partial charge is 0.458 e. The lowest BCUT2D eigenvalue weighted by atomic mass is 10.0. The Morgan fingerprint density at radius 1 is 1.21 bits per heavy atom. The number of nitrogens with zero attached hydrogens (tertiary/aromatic N) is 4. The van der Waals surface area contributed by atoms with E-state index in [1.165, 1.54) is 11.3 Å². The number of piperidine rings is 1. The van der Waals surface area contributed by atoms with Crippen molar-refractivity contribution in [3.8, 4) is 10.6 Å². The summed E-state index contributed by atoms with van der Waals surface area (Å²) < 4.78 is 5.57. The quantitative estimate of drug-likeness (QED) is 0.578. The number of hydrogen-bond acceptors (Lipinski definition) is 7. The maximum Gasteiger partial charge on any atom is 0.329 e. The van der Waals surface area contributed by atoms with Crippen LogP contribution in [0.15, 0.2) is 48.1 Å². The third-order valence-corrected chi connectivity index (χ3v) is 5.86. The van der Waals surface area contributed by atoms with Crippen LogP contribution in [0, 0.1) is 0 Å². The molecule has 144 valence electrons. The van der Waals surface area contributed by atoms with Crippen molar-refractivity contribution in [2.75, 3.05) is 11.4 Å². The molecule has 8 heteroatoms. The van der Waals surface area contributed by atoms with Gasteiger partial charge in [0.15, 0.2) is 0 Å². The van der Waals surface area contributed by atoms with Crippen LogP contribution in [-0.4, -0.2) is 33.5 Å². The fourth-order valence-electron chi connectivity index (χ4n) is 3.23. The van der Waals surface area contributed by atoms with Crippen molar-refractivity contribution in [1.29, 1.82) is 0 Å². The van der Waals surface area contributed by atoms with Crippen molar-refractivity contribution in [3.63, 3.8) is 0 Å². The summed E-state index contributed by atoms with van der Waals surface area (Å²) in [5.41, 5.74) is 1.60. The van der Waals surface area contributed by atoms with Gasteiger partial charge < -0.3 is 9.64 Å². The normalized spacial score (nSPS) is 16.8. The molecule has 28 heavy (non-hydrogen) atoms. The third-order valence-electron chi connectivity index (χ3n) is 4.60. The highest BCUT2D eigenvalue weighted by Crippen LogP contribution is 2.30. The Morgan fingerprint density at radius 2 is 2.04 bits per heavy atom. The topological polar surface area (TPSA) is 68.2 Å². The van der Waals surface area contributed by atoms with E-state index >= 15 is 0 Å². The second-order valence-electron chi connectivity index (χ2n) is 6.49. The molecule has 1 saturated heterocycles. The Bertz CT molecular complexity index is 950. The number of rotatable bonds is 5. The first kappa shape index (κ1) is 18.8. The fraction of sp³-hybridized carbons (Fsp3) is 0.300. The Hall–Kier alpha value is -2.51. The van der Waals surface area contributed by atoms with Gasteiger partial charge in [-0.3, -0.25) is 0 Å². The number of aromatic nitrogens is 3. The van der Waals surface area contributed by atoms with Gasteiger partial charge >= 0.3 is 5.97 Å². The summed E-state index contributed by atoms with van der Waals surface area (Å²) >= 11 is 7.72. The molecule has 0 spiro atoms. The lowest BCUT2D eigenvalue weighted by molar-refractivity contribution is -0.147. The molecule has 3 heterocycles. The van der Waals surface area contributed by atoms with E-state index in [0.717, 1.165) is 36.4 Å². The molecule has 0 amide bonds. The number of halogens is 1. The minimum atomic E-state index is -0.363. The first-order valence-electron chi connectivity index (χ1n) is 9.12. The van der Waals surface area contributed by atoms with E-state index in [1.807, 2.05) is 34.5 Å². The van der Waals surface area contributed by atoms with Gasteiger partial charge in [-0.05, 0) is 31.4 Å². The zero-order valence-electron chi connectivity index (χ0n) is 15.1. The van der Waals surface area contributed by atoms with Crippen LogP contribution in [0.4, 0.5) is 5.95 Å². The first-order valence-corrected chi connectivity index (χ1v) is 10.4. The van der Waals surface area contributed by atoms with Crippen LogP contribution in [0.5, 0.6) is 0 Å². The minimum absolute atomic E-state index is 0.139. The van der Waals surface area contributed by atoms with Gasteiger partial charge in [0.05, 0.1) is 10.7 Å².